The first-order valence-corrected chi connectivity index (χ1v) is 5.89. The molecule has 0 heterocycles. The van der Waals surface area contributed by atoms with Crippen molar-refractivity contribution in [3.63, 3.8) is 0 Å². The second-order valence-electron chi connectivity index (χ2n) is 4.94. The van der Waals surface area contributed by atoms with Crippen LogP contribution in [0.2, 0.25) is 0 Å². The number of methoxy groups -OCH3 is 2. The smallest absolute Gasteiger partial charge is 0.328 e. The van der Waals surface area contributed by atoms with E-state index < -0.39 is 5.54 Å². The maximum atomic E-state index is 12.0. The molecule has 1 unspecified atom stereocenters. The summed E-state index contributed by atoms with van der Waals surface area (Å²) in [7, 11) is 3.06. The molecule has 16 heavy (non-hydrogen) atoms. The van der Waals surface area contributed by atoms with Gasteiger partial charge in [-0.3, -0.25) is 5.32 Å². The molecule has 0 aromatic heterocycles. The number of rotatable bonds is 7. The zero-order valence-electron chi connectivity index (χ0n) is 10.7. The minimum absolute atomic E-state index is 0.197. The summed E-state index contributed by atoms with van der Waals surface area (Å²) in [6.07, 6.45) is 2.15. The molecule has 0 radical (unpaired) electrons. The summed E-state index contributed by atoms with van der Waals surface area (Å²) in [6.45, 7) is 5.43. The Morgan fingerprint density at radius 3 is 2.44 bits per heavy atom. The fraction of sp³-hybridized carbons (Fsp3) is 0.917. The molecule has 0 aromatic carbocycles. The fourth-order valence-electron chi connectivity index (χ4n) is 1.98. The minimum atomic E-state index is -0.631. The Morgan fingerprint density at radius 1 is 1.44 bits per heavy atom. The third-order valence-corrected chi connectivity index (χ3v) is 3.02. The van der Waals surface area contributed by atoms with Crippen LogP contribution in [-0.4, -0.2) is 38.9 Å². The van der Waals surface area contributed by atoms with Crippen LogP contribution in [0, 0.1) is 11.8 Å². The van der Waals surface area contributed by atoms with Crippen LogP contribution in [0.5, 0.6) is 0 Å². The number of ether oxygens (including phenoxy) is 2. The van der Waals surface area contributed by atoms with Gasteiger partial charge in [-0.2, -0.15) is 0 Å². The lowest BCUT2D eigenvalue weighted by molar-refractivity contribution is -0.152. The Kier molecular flexibility index (Phi) is 4.74. The quantitative estimate of drug-likeness (QED) is 0.666. The maximum absolute atomic E-state index is 12.0. The summed E-state index contributed by atoms with van der Waals surface area (Å²) < 4.78 is 10.1. The van der Waals surface area contributed by atoms with Gasteiger partial charge in [-0.25, -0.2) is 4.79 Å². The van der Waals surface area contributed by atoms with Gasteiger partial charge in [0, 0.05) is 7.11 Å². The molecule has 0 spiro atoms. The van der Waals surface area contributed by atoms with Gasteiger partial charge in [-0.15, -0.1) is 0 Å². The van der Waals surface area contributed by atoms with E-state index in [1.54, 1.807) is 7.11 Å². The number of hydrogen-bond acceptors (Lipinski definition) is 4. The Hall–Kier alpha value is -0.610. The lowest BCUT2D eigenvalue weighted by Gasteiger charge is -2.32. The molecule has 1 aliphatic rings. The van der Waals surface area contributed by atoms with E-state index in [1.165, 1.54) is 7.11 Å². The minimum Gasteiger partial charge on any atom is -0.468 e. The van der Waals surface area contributed by atoms with E-state index in [0.717, 1.165) is 19.4 Å². The van der Waals surface area contributed by atoms with E-state index in [2.05, 4.69) is 19.2 Å². The van der Waals surface area contributed by atoms with Crippen molar-refractivity contribution in [1.82, 2.24) is 5.32 Å². The molecule has 1 fully saturated rings. The summed E-state index contributed by atoms with van der Waals surface area (Å²) in [5.74, 6) is 0.663. The summed E-state index contributed by atoms with van der Waals surface area (Å²) in [5, 5.41) is 3.35. The van der Waals surface area contributed by atoms with Crippen molar-refractivity contribution < 1.29 is 14.3 Å². The van der Waals surface area contributed by atoms with Gasteiger partial charge in [0.15, 0.2) is 0 Å². The Bertz CT molecular complexity index is 238. The zero-order chi connectivity index (χ0) is 12.2. The van der Waals surface area contributed by atoms with E-state index in [0.29, 0.717) is 18.4 Å². The van der Waals surface area contributed by atoms with Crippen LogP contribution in [0.1, 0.15) is 26.7 Å². The first kappa shape index (κ1) is 13.5. The van der Waals surface area contributed by atoms with Crippen LogP contribution in [0.3, 0.4) is 0 Å². The highest BCUT2D eigenvalue weighted by atomic mass is 16.5. The zero-order valence-corrected chi connectivity index (χ0v) is 10.7. The Balaban J connectivity index is 2.74. The molecule has 4 nitrogen and oxygen atoms in total. The monoisotopic (exact) mass is 229 g/mol. The molecule has 0 aromatic rings. The molecule has 0 aliphatic heterocycles. The SMILES string of the molecule is COCC(NCC(C)C)(C(=O)OC)C1CC1. The molecule has 1 rings (SSSR count). The highest BCUT2D eigenvalue weighted by molar-refractivity contribution is 5.82. The number of hydrogen-bond donors (Lipinski definition) is 1. The average Bonchev–Trinajstić information content (AvgIpc) is 3.07. The van der Waals surface area contributed by atoms with E-state index in [1.807, 2.05) is 0 Å². The molecule has 94 valence electrons. The Morgan fingerprint density at radius 2 is 2.06 bits per heavy atom. The number of esters is 1. The van der Waals surface area contributed by atoms with Crippen LogP contribution in [-0.2, 0) is 14.3 Å². The molecule has 0 amide bonds. The molecular formula is C12H23NO3. The topological polar surface area (TPSA) is 47.6 Å². The van der Waals surface area contributed by atoms with Gasteiger partial charge < -0.3 is 9.47 Å². The summed E-state index contributed by atoms with van der Waals surface area (Å²) in [6, 6.07) is 0. The summed E-state index contributed by atoms with van der Waals surface area (Å²) in [5.41, 5.74) is -0.631. The van der Waals surface area contributed by atoms with Crippen LogP contribution >= 0.6 is 0 Å². The van der Waals surface area contributed by atoms with Gasteiger partial charge in [0.1, 0.15) is 5.54 Å². The van der Waals surface area contributed by atoms with Crippen LogP contribution in [0.25, 0.3) is 0 Å². The second kappa shape index (κ2) is 5.64. The van der Waals surface area contributed by atoms with Crippen molar-refractivity contribution in [2.24, 2.45) is 11.8 Å². The van der Waals surface area contributed by atoms with Gasteiger partial charge in [-0.1, -0.05) is 13.8 Å². The van der Waals surface area contributed by atoms with Crippen molar-refractivity contribution in [3.05, 3.63) is 0 Å². The largest absolute Gasteiger partial charge is 0.468 e. The molecule has 1 atom stereocenters. The molecule has 1 saturated carbocycles. The second-order valence-corrected chi connectivity index (χ2v) is 4.94. The van der Waals surface area contributed by atoms with Gasteiger partial charge in [-0.05, 0) is 31.2 Å². The highest BCUT2D eigenvalue weighted by Gasteiger charge is 2.51. The lowest BCUT2D eigenvalue weighted by atomic mass is 9.93. The molecule has 4 heteroatoms. The predicted octanol–water partition coefficient (Wildman–Crippen LogP) is 1.20. The van der Waals surface area contributed by atoms with Gasteiger partial charge in [0.25, 0.3) is 0 Å². The van der Waals surface area contributed by atoms with Crippen molar-refractivity contribution >= 4 is 5.97 Å². The highest BCUT2D eigenvalue weighted by Crippen LogP contribution is 2.40. The van der Waals surface area contributed by atoms with Crippen LogP contribution in [0.4, 0.5) is 0 Å². The summed E-state index contributed by atoms with van der Waals surface area (Å²) in [4.78, 5) is 12.0. The van der Waals surface area contributed by atoms with Gasteiger partial charge in [0.2, 0.25) is 0 Å². The van der Waals surface area contributed by atoms with E-state index in [9.17, 15) is 4.79 Å². The predicted molar refractivity (Wildman–Crippen MR) is 62.2 cm³/mol. The lowest BCUT2D eigenvalue weighted by Crippen LogP contribution is -2.58. The molecule has 1 N–H and O–H groups in total. The maximum Gasteiger partial charge on any atom is 0.328 e. The van der Waals surface area contributed by atoms with Crippen molar-refractivity contribution in [3.8, 4) is 0 Å². The number of nitrogens with one attached hydrogen (secondary N) is 1. The fourth-order valence-corrected chi connectivity index (χ4v) is 1.98. The normalized spacial score (nSPS) is 19.6. The van der Waals surface area contributed by atoms with Crippen molar-refractivity contribution in [1.29, 1.82) is 0 Å². The van der Waals surface area contributed by atoms with Crippen molar-refractivity contribution in [2.75, 3.05) is 27.4 Å². The van der Waals surface area contributed by atoms with E-state index >= 15 is 0 Å². The molecule has 0 saturated heterocycles. The van der Waals surface area contributed by atoms with E-state index in [4.69, 9.17) is 9.47 Å². The third kappa shape index (κ3) is 2.95. The number of carbonyl (C=O) groups is 1. The first-order chi connectivity index (χ1) is 7.56. The molecule has 0 bridgehead atoms. The van der Waals surface area contributed by atoms with Gasteiger partial charge >= 0.3 is 5.97 Å². The molecule has 1 aliphatic carbocycles. The average molecular weight is 229 g/mol. The number of carbonyl (C=O) groups excluding carboxylic acids is 1. The Labute approximate surface area is 97.7 Å². The van der Waals surface area contributed by atoms with Gasteiger partial charge in [0.05, 0.1) is 13.7 Å². The van der Waals surface area contributed by atoms with Crippen molar-refractivity contribution in [2.45, 2.75) is 32.2 Å². The van der Waals surface area contributed by atoms with E-state index in [-0.39, 0.29) is 5.97 Å². The molecular weight excluding hydrogens is 206 g/mol. The van der Waals surface area contributed by atoms with Crippen LogP contribution in [0.15, 0.2) is 0 Å². The first-order valence-electron chi connectivity index (χ1n) is 5.89. The standard InChI is InChI=1S/C12H23NO3/c1-9(2)7-13-12(8-15-3,10-5-6-10)11(14)16-4/h9-10,13H,5-8H2,1-4H3. The van der Waals surface area contributed by atoms with Crippen LogP contribution < -0.4 is 5.32 Å². The summed E-state index contributed by atoms with van der Waals surface area (Å²) >= 11 is 0. The third-order valence-electron chi connectivity index (χ3n) is 3.02.